The van der Waals surface area contributed by atoms with E-state index in [2.05, 4.69) is 5.32 Å². The Morgan fingerprint density at radius 3 is 2.52 bits per heavy atom. The molecule has 2 amide bonds. The second-order valence-electron chi connectivity index (χ2n) is 5.19. The van der Waals surface area contributed by atoms with E-state index in [-0.39, 0.29) is 30.7 Å². The van der Waals surface area contributed by atoms with Gasteiger partial charge in [-0.05, 0) is 12.5 Å². The van der Waals surface area contributed by atoms with E-state index in [1.807, 2.05) is 37.3 Å². The van der Waals surface area contributed by atoms with Crippen molar-refractivity contribution in [3.63, 3.8) is 0 Å². The van der Waals surface area contributed by atoms with Gasteiger partial charge in [0.05, 0.1) is 19.3 Å². The lowest BCUT2D eigenvalue weighted by atomic mass is 10.1. The predicted molar refractivity (Wildman–Crippen MR) is 79.6 cm³/mol. The van der Waals surface area contributed by atoms with Crippen LogP contribution < -0.4 is 5.32 Å². The van der Waals surface area contributed by atoms with Crippen molar-refractivity contribution in [3.8, 4) is 0 Å². The van der Waals surface area contributed by atoms with Crippen molar-refractivity contribution in [3.05, 3.63) is 35.9 Å². The number of hydrogen-bond acceptors (Lipinski definition) is 3. The second kappa shape index (κ2) is 7.78. The summed E-state index contributed by atoms with van der Waals surface area (Å²) in [6.07, 6.45) is 0.487. The summed E-state index contributed by atoms with van der Waals surface area (Å²) in [5.41, 5.74) is 1.06. The first-order chi connectivity index (χ1) is 10.2. The van der Waals surface area contributed by atoms with Crippen LogP contribution in [-0.4, -0.2) is 43.0 Å². The van der Waals surface area contributed by atoms with Gasteiger partial charge >= 0.3 is 0 Å². The topological polar surface area (TPSA) is 58.6 Å². The molecule has 0 unspecified atom stereocenters. The number of hydrogen-bond donors (Lipinski definition) is 1. The van der Waals surface area contributed by atoms with Crippen LogP contribution in [0.3, 0.4) is 0 Å². The molecule has 0 aliphatic carbocycles. The van der Waals surface area contributed by atoms with Crippen LogP contribution in [0.15, 0.2) is 30.3 Å². The standard InChI is InChI=1S/C16H22N2O3/c1-13(14-5-3-2-4-6-14)17-15(19)7-8-16(20)18-9-11-21-12-10-18/h2-6,13H,7-12H2,1H3,(H,17,19)/t13-/m1/s1. The van der Waals surface area contributed by atoms with Gasteiger partial charge in [-0.1, -0.05) is 30.3 Å². The van der Waals surface area contributed by atoms with Crippen molar-refractivity contribution < 1.29 is 14.3 Å². The van der Waals surface area contributed by atoms with Gasteiger partial charge in [0.1, 0.15) is 0 Å². The van der Waals surface area contributed by atoms with Gasteiger partial charge in [-0.15, -0.1) is 0 Å². The van der Waals surface area contributed by atoms with Crippen LogP contribution in [0.5, 0.6) is 0 Å². The van der Waals surface area contributed by atoms with Crippen LogP contribution in [0.2, 0.25) is 0 Å². The summed E-state index contributed by atoms with van der Waals surface area (Å²) < 4.78 is 5.20. The number of nitrogens with one attached hydrogen (secondary N) is 1. The molecule has 1 atom stereocenters. The highest BCUT2D eigenvalue weighted by molar-refractivity contribution is 5.84. The molecule has 21 heavy (non-hydrogen) atoms. The Kier molecular flexibility index (Phi) is 5.75. The van der Waals surface area contributed by atoms with E-state index in [1.165, 1.54) is 0 Å². The maximum Gasteiger partial charge on any atom is 0.223 e. The van der Waals surface area contributed by atoms with Crippen molar-refractivity contribution >= 4 is 11.8 Å². The quantitative estimate of drug-likeness (QED) is 0.894. The highest BCUT2D eigenvalue weighted by Crippen LogP contribution is 2.11. The van der Waals surface area contributed by atoms with Crippen LogP contribution in [0.4, 0.5) is 0 Å². The van der Waals surface area contributed by atoms with E-state index < -0.39 is 0 Å². The second-order valence-corrected chi connectivity index (χ2v) is 5.19. The zero-order chi connectivity index (χ0) is 15.1. The van der Waals surface area contributed by atoms with Gasteiger partial charge in [-0.25, -0.2) is 0 Å². The van der Waals surface area contributed by atoms with Crippen molar-refractivity contribution in [1.82, 2.24) is 10.2 Å². The number of rotatable bonds is 5. The molecule has 1 aromatic carbocycles. The number of carbonyl (C=O) groups is 2. The normalized spacial score (nSPS) is 16.3. The van der Waals surface area contributed by atoms with Crippen LogP contribution in [-0.2, 0) is 14.3 Å². The molecule has 0 bridgehead atoms. The molecule has 5 heteroatoms. The molecule has 0 spiro atoms. The fourth-order valence-electron chi connectivity index (χ4n) is 2.33. The summed E-state index contributed by atoms with van der Waals surface area (Å²) in [5.74, 6) is -0.0613. The zero-order valence-corrected chi connectivity index (χ0v) is 12.4. The smallest absolute Gasteiger partial charge is 0.223 e. The highest BCUT2D eigenvalue weighted by atomic mass is 16.5. The number of carbonyl (C=O) groups excluding carboxylic acids is 2. The van der Waals surface area contributed by atoms with Gasteiger partial charge in [0.25, 0.3) is 0 Å². The number of ether oxygens (including phenoxy) is 1. The summed E-state index contributed by atoms with van der Waals surface area (Å²) in [6, 6.07) is 9.74. The molecule has 0 radical (unpaired) electrons. The van der Waals surface area contributed by atoms with Gasteiger partial charge < -0.3 is 15.0 Å². The molecular weight excluding hydrogens is 268 g/mol. The number of benzene rings is 1. The molecule has 5 nitrogen and oxygen atoms in total. The minimum Gasteiger partial charge on any atom is -0.378 e. The van der Waals surface area contributed by atoms with E-state index in [4.69, 9.17) is 4.74 Å². The fourth-order valence-corrected chi connectivity index (χ4v) is 2.33. The van der Waals surface area contributed by atoms with Crippen molar-refractivity contribution in [2.24, 2.45) is 0 Å². The van der Waals surface area contributed by atoms with E-state index in [0.29, 0.717) is 26.3 Å². The van der Waals surface area contributed by atoms with E-state index >= 15 is 0 Å². The summed E-state index contributed by atoms with van der Waals surface area (Å²) in [7, 11) is 0. The third kappa shape index (κ3) is 4.86. The first-order valence-corrected chi connectivity index (χ1v) is 7.36. The molecule has 0 saturated carbocycles. The maximum absolute atomic E-state index is 11.9. The predicted octanol–water partition coefficient (Wildman–Crippen LogP) is 1.50. The lowest BCUT2D eigenvalue weighted by molar-refractivity contribution is -0.137. The molecular formula is C16H22N2O3. The Hall–Kier alpha value is -1.88. The lowest BCUT2D eigenvalue weighted by Crippen LogP contribution is -2.41. The third-order valence-electron chi connectivity index (χ3n) is 3.61. The molecule has 1 heterocycles. The number of nitrogens with zero attached hydrogens (tertiary/aromatic N) is 1. The summed E-state index contributed by atoms with van der Waals surface area (Å²) in [6.45, 7) is 4.37. The minimum atomic E-state index is -0.0898. The van der Waals surface area contributed by atoms with Gasteiger partial charge in [0.15, 0.2) is 0 Å². The SMILES string of the molecule is C[C@@H](NC(=O)CCC(=O)N1CCOCC1)c1ccccc1. The minimum absolute atomic E-state index is 0.0285. The molecule has 1 saturated heterocycles. The Labute approximate surface area is 125 Å². The Balaban J connectivity index is 1.73. The van der Waals surface area contributed by atoms with Crippen LogP contribution >= 0.6 is 0 Å². The van der Waals surface area contributed by atoms with Gasteiger partial charge in [0, 0.05) is 25.9 Å². The van der Waals surface area contributed by atoms with E-state index in [9.17, 15) is 9.59 Å². The number of amides is 2. The van der Waals surface area contributed by atoms with Crippen molar-refractivity contribution in [1.29, 1.82) is 0 Å². The van der Waals surface area contributed by atoms with Crippen LogP contribution in [0.1, 0.15) is 31.4 Å². The van der Waals surface area contributed by atoms with Crippen molar-refractivity contribution in [2.75, 3.05) is 26.3 Å². The van der Waals surface area contributed by atoms with Gasteiger partial charge in [-0.2, -0.15) is 0 Å². The fraction of sp³-hybridized carbons (Fsp3) is 0.500. The van der Waals surface area contributed by atoms with Gasteiger partial charge in [0.2, 0.25) is 11.8 Å². The molecule has 2 rings (SSSR count). The average Bonchev–Trinajstić information content (AvgIpc) is 2.54. The highest BCUT2D eigenvalue weighted by Gasteiger charge is 2.18. The number of morpholine rings is 1. The molecule has 1 aromatic rings. The maximum atomic E-state index is 11.9. The molecule has 1 fully saturated rings. The Bertz CT molecular complexity index is 470. The lowest BCUT2D eigenvalue weighted by Gasteiger charge is -2.26. The molecule has 1 aliphatic rings. The third-order valence-corrected chi connectivity index (χ3v) is 3.61. The van der Waals surface area contributed by atoms with E-state index in [0.717, 1.165) is 5.56 Å². The average molecular weight is 290 g/mol. The molecule has 114 valence electrons. The first-order valence-electron chi connectivity index (χ1n) is 7.36. The Morgan fingerprint density at radius 2 is 1.86 bits per heavy atom. The van der Waals surface area contributed by atoms with Crippen LogP contribution in [0.25, 0.3) is 0 Å². The first kappa shape index (κ1) is 15.5. The monoisotopic (exact) mass is 290 g/mol. The largest absolute Gasteiger partial charge is 0.378 e. The molecule has 1 aliphatic heterocycles. The van der Waals surface area contributed by atoms with Crippen LogP contribution in [0, 0.1) is 0 Å². The zero-order valence-electron chi connectivity index (χ0n) is 12.4. The van der Waals surface area contributed by atoms with E-state index in [1.54, 1.807) is 4.90 Å². The molecule has 0 aromatic heterocycles. The summed E-state index contributed by atoms with van der Waals surface area (Å²) >= 11 is 0. The van der Waals surface area contributed by atoms with Crippen molar-refractivity contribution in [2.45, 2.75) is 25.8 Å². The Morgan fingerprint density at radius 1 is 1.19 bits per heavy atom. The summed E-state index contributed by atoms with van der Waals surface area (Å²) in [4.78, 5) is 25.6. The molecule has 1 N–H and O–H groups in total. The summed E-state index contributed by atoms with van der Waals surface area (Å²) in [5, 5.41) is 2.92. The van der Waals surface area contributed by atoms with Gasteiger partial charge in [-0.3, -0.25) is 9.59 Å².